The molecule has 0 unspecified atom stereocenters. The largest absolute Gasteiger partial charge is 0.384 e. The molecule has 1 heterocycles. The quantitative estimate of drug-likeness (QED) is 0.585. The van der Waals surface area contributed by atoms with Crippen LogP contribution in [0.2, 0.25) is 0 Å². The van der Waals surface area contributed by atoms with Crippen molar-refractivity contribution in [2.75, 3.05) is 5.32 Å². The van der Waals surface area contributed by atoms with Crippen LogP contribution in [0.15, 0.2) is 54.4 Å². The van der Waals surface area contributed by atoms with Gasteiger partial charge in [0.1, 0.15) is 17.5 Å². The predicted molar refractivity (Wildman–Crippen MR) is 77.9 cm³/mol. The molecule has 0 saturated carbocycles. The topological polar surface area (TPSA) is 74.8 Å². The molecule has 2 aromatic rings. The molecule has 0 bridgehead atoms. The van der Waals surface area contributed by atoms with Gasteiger partial charge in [-0.1, -0.05) is 0 Å². The molecule has 4 nitrogen and oxygen atoms in total. The van der Waals surface area contributed by atoms with Crippen molar-refractivity contribution in [3.05, 3.63) is 71.7 Å². The lowest BCUT2D eigenvalue weighted by atomic mass is 10.2. The number of nitrogens with zero attached hydrogens (tertiary/aromatic N) is 1. The highest BCUT2D eigenvalue weighted by atomic mass is 19.1. The van der Waals surface area contributed by atoms with Crippen LogP contribution in [0.4, 0.5) is 14.5 Å². The van der Waals surface area contributed by atoms with Crippen molar-refractivity contribution in [2.45, 2.75) is 6.42 Å². The van der Waals surface area contributed by atoms with E-state index in [1.807, 2.05) is 0 Å². The maximum absolute atomic E-state index is 12.9. The zero-order valence-corrected chi connectivity index (χ0v) is 11.1. The van der Waals surface area contributed by atoms with Crippen LogP contribution in [0.5, 0.6) is 0 Å². The van der Waals surface area contributed by atoms with Crippen LogP contribution in [-0.2, 0) is 6.42 Å². The van der Waals surface area contributed by atoms with E-state index in [1.165, 1.54) is 24.3 Å². The van der Waals surface area contributed by atoms with E-state index in [0.29, 0.717) is 23.5 Å². The highest BCUT2D eigenvalue weighted by Crippen LogP contribution is 2.14. The second-order valence-corrected chi connectivity index (χ2v) is 4.40. The van der Waals surface area contributed by atoms with Crippen LogP contribution in [0.3, 0.4) is 0 Å². The number of nitrogens with two attached hydrogens (primary N) is 1. The van der Waals surface area contributed by atoms with E-state index in [0.717, 1.165) is 6.20 Å². The second kappa shape index (κ2) is 6.60. The Bertz CT molecular complexity index is 599. The Morgan fingerprint density at radius 2 is 1.81 bits per heavy atom. The van der Waals surface area contributed by atoms with Gasteiger partial charge in [-0.2, -0.15) is 0 Å². The molecule has 0 fully saturated rings. The lowest BCUT2D eigenvalue weighted by Gasteiger charge is -2.11. The van der Waals surface area contributed by atoms with E-state index in [2.05, 4.69) is 10.3 Å². The molecule has 0 aliphatic carbocycles. The van der Waals surface area contributed by atoms with E-state index < -0.39 is 5.82 Å². The minimum absolute atomic E-state index is 0.123. The van der Waals surface area contributed by atoms with Crippen molar-refractivity contribution in [1.82, 2.24) is 4.98 Å². The zero-order chi connectivity index (χ0) is 15.2. The molecular formula is C15H14F2N4. The number of nitrogens with one attached hydrogen (secondary N) is 2. The van der Waals surface area contributed by atoms with Gasteiger partial charge in [-0.3, -0.25) is 10.4 Å². The van der Waals surface area contributed by atoms with E-state index >= 15 is 0 Å². The first kappa shape index (κ1) is 14.6. The van der Waals surface area contributed by atoms with Crippen molar-refractivity contribution in [2.24, 2.45) is 5.73 Å². The summed E-state index contributed by atoms with van der Waals surface area (Å²) < 4.78 is 25.7. The fourth-order valence-corrected chi connectivity index (χ4v) is 1.74. The molecule has 0 radical (unpaired) electrons. The summed E-state index contributed by atoms with van der Waals surface area (Å²) in [6.45, 7) is 0. The average Bonchev–Trinajstić information content (AvgIpc) is 2.43. The normalized spacial score (nSPS) is 11.2. The van der Waals surface area contributed by atoms with Gasteiger partial charge in [0, 0.05) is 23.5 Å². The van der Waals surface area contributed by atoms with Gasteiger partial charge >= 0.3 is 0 Å². The third kappa shape index (κ3) is 4.68. The van der Waals surface area contributed by atoms with Crippen LogP contribution < -0.4 is 11.1 Å². The van der Waals surface area contributed by atoms with E-state index in [-0.39, 0.29) is 11.7 Å². The summed E-state index contributed by atoms with van der Waals surface area (Å²) in [5.41, 5.74) is 7.26. The van der Waals surface area contributed by atoms with Gasteiger partial charge < -0.3 is 11.1 Å². The molecule has 1 aromatic heterocycles. The number of hydrogen-bond donors (Lipinski definition) is 3. The van der Waals surface area contributed by atoms with Crippen molar-refractivity contribution >= 4 is 11.5 Å². The Hall–Kier alpha value is -2.76. The smallest absolute Gasteiger partial charge is 0.141 e. The number of pyridine rings is 1. The van der Waals surface area contributed by atoms with E-state index in [4.69, 9.17) is 11.1 Å². The van der Waals surface area contributed by atoms with Crippen LogP contribution in [0.1, 0.15) is 5.69 Å². The maximum Gasteiger partial charge on any atom is 0.141 e. The molecule has 0 saturated heterocycles. The van der Waals surface area contributed by atoms with Crippen molar-refractivity contribution in [1.29, 1.82) is 5.41 Å². The van der Waals surface area contributed by atoms with E-state index in [9.17, 15) is 8.78 Å². The summed E-state index contributed by atoms with van der Waals surface area (Å²) in [5, 5.41) is 10.4. The summed E-state index contributed by atoms with van der Waals surface area (Å²) in [7, 11) is 0. The Balaban J connectivity index is 2.16. The number of allylic oxidation sites excluding steroid dienone is 1. The number of amidine groups is 1. The van der Waals surface area contributed by atoms with Crippen LogP contribution in [0, 0.1) is 17.0 Å². The Morgan fingerprint density at radius 1 is 1.14 bits per heavy atom. The first-order chi connectivity index (χ1) is 10.0. The van der Waals surface area contributed by atoms with Gasteiger partial charge in [0.25, 0.3) is 0 Å². The predicted octanol–water partition coefficient (Wildman–Crippen LogP) is 2.83. The summed E-state index contributed by atoms with van der Waals surface area (Å²) in [4.78, 5) is 3.95. The van der Waals surface area contributed by atoms with Gasteiger partial charge in [-0.15, -0.1) is 0 Å². The van der Waals surface area contributed by atoms with Crippen LogP contribution >= 0.6 is 0 Å². The van der Waals surface area contributed by atoms with Crippen molar-refractivity contribution in [3.8, 4) is 0 Å². The number of hydrogen-bond acceptors (Lipinski definition) is 3. The standard InChI is InChI=1S/C15H14F2N4/c16-10-1-4-12(5-2-10)21-14(8-15(18)19)7-13-6-3-11(17)9-20-13/h1-6,8-9,21H,7H2,(H3,18,19)/b14-8-. The molecular weight excluding hydrogens is 274 g/mol. The molecule has 4 N–H and O–H groups in total. The number of benzene rings is 1. The van der Waals surface area contributed by atoms with Gasteiger partial charge in [0.2, 0.25) is 0 Å². The molecule has 1 aromatic carbocycles. The zero-order valence-electron chi connectivity index (χ0n) is 11.1. The minimum atomic E-state index is -0.414. The third-order valence-electron chi connectivity index (χ3n) is 2.64. The minimum Gasteiger partial charge on any atom is -0.384 e. The fourth-order valence-electron chi connectivity index (χ4n) is 1.74. The third-order valence-corrected chi connectivity index (χ3v) is 2.64. The van der Waals surface area contributed by atoms with Gasteiger partial charge in [-0.25, -0.2) is 8.78 Å². The molecule has 0 aliphatic rings. The first-order valence-corrected chi connectivity index (χ1v) is 6.20. The number of rotatable bonds is 5. The Morgan fingerprint density at radius 3 is 2.38 bits per heavy atom. The Kier molecular flexibility index (Phi) is 4.61. The van der Waals surface area contributed by atoms with Crippen molar-refractivity contribution < 1.29 is 8.78 Å². The summed E-state index contributed by atoms with van der Waals surface area (Å²) in [5.74, 6) is -0.873. The molecule has 0 spiro atoms. The molecule has 0 atom stereocenters. The number of halogens is 2. The second-order valence-electron chi connectivity index (χ2n) is 4.40. The molecule has 0 aliphatic heterocycles. The maximum atomic E-state index is 12.9. The van der Waals surface area contributed by atoms with Gasteiger partial charge in [0.05, 0.1) is 6.20 Å². The first-order valence-electron chi connectivity index (χ1n) is 6.20. The summed E-state index contributed by atoms with van der Waals surface area (Å²) in [6.07, 6.45) is 2.91. The SMILES string of the molecule is N=C(N)/C=C(/Cc1ccc(F)cn1)Nc1ccc(F)cc1. The lowest BCUT2D eigenvalue weighted by molar-refractivity contribution is 0.619. The monoisotopic (exact) mass is 288 g/mol. The van der Waals surface area contributed by atoms with Crippen molar-refractivity contribution in [3.63, 3.8) is 0 Å². The summed E-state index contributed by atoms with van der Waals surface area (Å²) in [6, 6.07) is 8.65. The highest BCUT2D eigenvalue weighted by Gasteiger charge is 2.04. The molecule has 2 rings (SSSR count). The van der Waals surface area contributed by atoms with Crippen LogP contribution in [0.25, 0.3) is 0 Å². The number of anilines is 1. The van der Waals surface area contributed by atoms with Gasteiger partial charge in [-0.05, 0) is 42.5 Å². The molecule has 6 heteroatoms. The number of aromatic nitrogens is 1. The van der Waals surface area contributed by atoms with E-state index in [1.54, 1.807) is 18.2 Å². The summed E-state index contributed by atoms with van der Waals surface area (Å²) >= 11 is 0. The fraction of sp³-hybridized carbons (Fsp3) is 0.0667. The Labute approximate surface area is 120 Å². The average molecular weight is 288 g/mol. The highest BCUT2D eigenvalue weighted by molar-refractivity contribution is 5.89. The van der Waals surface area contributed by atoms with Gasteiger partial charge in [0.15, 0.2) is 0 Å². The molecule has 0 amide bonds. The molecule has 21 heavy (non-hydrogen) atoms. The molecule has 108 valence electrons. The van der Waals surface area contributed by atoms with Crippen LogP contribution in [-0.4, -0.2) is 10.8 Å². The lowest BCUT2D eigenvalue weighted by Crippen LogP contribution is -2.12.